The van der Waals surface area contributed by atoms with Crippen molar-refractivity contribution in [2.75, 3.05) is 9.80 Å². The number of anilines is 6. The molecular formula is C33H25BN2. The molecule has 5 aromatic rings. The molecule has 170 valence electrons. The third-order valence-electron chi connectivity index (χ3n) is 8.14. The lowest BCUT2D eigenvalue weighted by Crippen LogP contribution is -2.61. The summed E-state index contributed by atoms with van der Waals surface area (Å²) in [5.41, 5.74) is 14.8. The Morgan fingerprint density at radius 1 is 0.472 bits per heavy atom. The Labute approximate surface area is 212 Å². The summed E-state index contributed by atoms with van der Waals surface area (Å²) >= 11 is 0. The summed E-state index contributed by atoms with van der Waals surface area (Å²) in [7, 11) is 0. The van der Waals surface area contributed by atoms with Crippen molar-refractivity contribution in [2.24, 2.45) is 0 Å². The summed E-state index contributed by atoms with van der Waals surface area (Å²) in [5, 5.41) is 0. The zero-order valence-corrected chi connectivity index (χ0v) is 20.1. The van der Waals surface area contributed by atoms with Gasteiger partial charge in [-0.3, -0.25) is 0 Å². The predicted octanol–water partition coefficient (Wildman–Crippen LogP) is 6.26. The highest BCUT2D eigenvalue weighted by atomic mass is 15.2. The SMILES string of the molecule is c1ccc(N2c3ccccc3B3c4cc5c(cc4N(c4ccccc4)c4cccc2c43)CCC5)cc1. The maximum atomic E-state index is 2.53. The molecule has 2 nitrogen and oxygen atoms in total. The van der Waals surface area contributed by atoms with Gasteiger partial charge in [0.15, 0.2) is 0 Å². The van der Waals surface area contributed by atoms with Gasteiger partial charge in [-0.05, 0) is 95.3 Å². The molecule has 0 amide bonds. The maximum Gasteiger partial charge on any atom is 0.252 e. The fourth-order valence-electron chi connectivity index (χ4n) is 6.67. The van der Waals surface area contributed by atoms with Gasteiger partial charge >= 0.3 is 0 Å². The highest BCUT2D eigenvalue weighted by Crippen LogP contribution is 2.44. The monoisotopic (exact) mass is 460 g/mol. The lowest BCUT2D eigenvalue weighted by Gasteiger charge is -2.44. The third kappa shape index (κ3) is 2.74. The van der Waals surface area contributed by atoms with E-state index in [1.54, 1.807) is 0 Å². The normalized spacial score (nSPS) is 14.7. The lowest BCUT2D eigenvalue weighted by molar-refractivity contribution is 0.912. The molecule has 2 heterocycles. The van der Waals surface area contributed by atoms with Crippen molar-refractivity contribution in [3.63, 3.8) is 0 Å². The summed E-state index contributed by atoms with van der Waals surface area (Å²) in [6, 6.07) is 42.5. The maximum absolute atomic E-state index is 2.53. The van der Waals surface area contributed by atoms with Crippen molar-refractivity contribution in [2.45, 2.75) is 19.3 Å². The van der Waals surface area contributed by atoms with Crippen LogP contribution in [-0.4, -0.2) is 6.71 Å². The van der Waals surface area contributed by atoms with Gasteiger partial charge in [-0.25, -0.2) is 0 Å². The molecule has 0 fully saturated rings. The Balaban J connectivity index is 1.48. The van der Waals surface area contributed by atoms with Crippen LogP contribution in [0.15, 0.2) is 115 Å². The minimum absolute atomic E-state index is 0.216. The number of para-hydroxylation sites is 3. The van der Waals surface area contributed by atoms with Gasteiger partial charge in [-0.2, -0.15) is 0 Å². The van der Waals surface area contributed by atoms with Crippen LogP contribution in [0.1, 0.15) is 17.5 Å². The number of benzene rings is 5. The molecule has 1 aliphatic carbocycles. The standard InChI is InChI=1S/C33H25BN2/c1-3-13-25(14-4-1)35-29-18-8-7-17-27(29)34-28-21-23-11-9-12-24(23)22-32(28)36(26-15-5-2-6-16-26)31-20-10-19-30(35)33(31)34/h1-8,10,13-22H,9,11-12H2. The average Bonchev–Trinajstić information content (AvgIpc) is 3.40. The summed E-state index contributed by atoms with van der Waals surface area (Å²) in [6.45, 7) is 0.216. The molecular weight excluding hydrogens is 435 g/mol. The van der Waals surface area contributed by atoms with Crippen molar-refractivity contribution in [1.29, 1.82) is 0 Å². The van der Waals surface area contributed by atoms with Crippen LogP contribution in [0.5, 0.6) is 0 Å². The highest BCUT2D eigenvalue weighted by Gasteiger charge is 2.43. The molecule has 0 spiro atoms. The van der Waals surface area contributed by atoms with Crippen molar-refractivity contribution < 1.29 is 0 Å². The molecule has 0 saturated heterocycles. The molecule has 0 N–H and O–H groups in total. The summed E-state index contributed by atoms with van der Waals surface area (Å²) in [4.78, 5) is 4.95. The van der Waals surface area contributed by atoms with E-state index in [0.29, 0.717) is 0 Å². The topological polar surface area (TPSA) is 6.48 Å². The second-order valence-corrected chi connectivity index (χ2v) is 10.1. The fraction of sp³-hybridized carbons (Fsp3) is 0.0909. The summed E-state index contributed by atoms with van der Waals surface area (Å²) < 4.78 is 0. The summed E-state index contributed by atoms with van der Waals surface area (Å²) in [5.74, 6) is 0. The Hall–Kier alpha value is -4.24. The van der Waals surface area contributed by atoms with E-state index in [0.717, 1.165) is 0 Å². The Bertz CT molecular complexity index is 1630. The van der Waals surface area contributed by atoms with Crippen LogP contribution in [-0.2, 0) is 12.8 Å². The first-order chi connectivity index (χ1) is 17.9. The van der Waals surface area contributed by atoms with Gasteiger partial charge < -0.3 is 9.80 Å². The van der Waals surface area contributed by atoms with E-state index in [2.05, 4.69) is 125 Å². The molecule has 5 aromatic carbocycles. The average molecular weight is 460 g/mol. The highest BCUT2D eigenvalue weighted by molar-refractivity contribution is 7.00. The Kier molecular flexibility index (Phi) is 4.24. The van der Waals surface area contributed by atoms with E-state index >= 15 is 0 Å². The molecule has 0 bridgehead atoms. The number of fused-ring (bicyclic) bond motifs is 5. The van der Waals surface area contributed by atoms with Crippen LogP contribution in [0, 0.1) is 0 Å². The first-order valence-electron chi connectivity index (χ1n) is 13.0. The van der Waals surface area contributed by atoms with Crippen LogP contribution in [0.25, 0.3) is 0 Å². The molecule has 0 aromatic heterocycles. The van der Waals surface area contributed by atoms with Gasteiger partial charge in [0.25, 0.3) is 6.71 Å². The molecule has 3 aliphatic rings. The van der Waals surface area contributed by atoms with Gasteiger partial charge in [0.05, 0.1) is 0 Å². The molecule has 36 heavy (non-hydrogen) atoms. The predicted molar refractivity (Wildman–Crippen MR) is 152 cm³/mol. The Morgan fingerprint density at radius 3 is 1.72 bits per heavy atom. The molecule has 2 aliphatic heterocycles. The van der Waals surface area contributed by atoms with E-state index < -0.39 is 0 Å². The molecule has 0 unspecified atom stereocenters. The van der Waals surface area contributed by atoms with Gasteiger partial charge in [-0.15, -0.1) is 0 Å². The van der Waals surface area contributed by atoms with Crippen molar-refractivity contribution in [1.82, 2.24) is 0 Å². The largest absolute Gasteiger partial charge is 0.311 e. The number of hydrogen-bond acceptors (Lipinski definition) is 2. The van der Waals surface area contributed by atoms with E-state index in [1.807, 2.05) is 0 Å². The van der Waals surface area contributed by atoms with Gasteiger partial charge in [0.1, 0.15) is 0 Å². The first-order valence-corrected chi connectivity index (χ1v) is 13.0. The van der Waals surface area contributed by atoms with Gasteiger partial charge in [0, 0.05) is 34.1 Å². The molecule has 3 heteroatoms. The lowest BCUT2D eigenvalue weighted by atomic mass is 9.33. The van der Waals surface area contributed by atoms with Crippen LogP contribution in [0.3, 0.4) is 0 Å². The smallest absolute Gasteiger partial charge is 0.252 e. The second kappa shape index (κ2) is 7.63. The molecule has 8 rings (SSSR count). The van der Waals surface area contributed by atoms with E-state index in [1.165, 1.54) is 80.9 Å². The first kappa shape index (κ1) is 20.0. The number of hydrogen-bond donors (Lipinski definition) is 0. The Morgan fingerprint density at radius 2 is 1.03 bits per heavy atom. The van der Waals surface area contributed by atoms with Gasteiger partial charge in [0.2, 0.25) is 0 Å². The second-order valence-electron chi connectivity index (χ2n) is 10.1. The van der Waals surface area contributed by atoms with E-state index in [9.17, 15) is 0 Å². The minimum Gasteiger partial charge on any atom is -0.311 e. The van der Waals surface area contributed by atoms with Crippen molar-refractivity contribution in [3.8, 4) is 0 Å². The van der Waals surface area contributed by atoms with Crippen molar-refractivity contribution >= 4 is 57.2 Å². The molecule has 0 radical (unpaired) electrons. The fourth-order valence-corrected chi connectivity index (χ4v) is 6.67. The van der Waals surface area contributed by atoms with E-state index in [-0.39, 0.29) is 6.71 Å². The zero-order chi connectivity index (χ0) is 23.6. The summed E-state index contributed by atoms with van der Waals surface area (Å²) in [6.07, 6.45) is 3.62. The van der Waals surface area contributed by atoms with Crippen LogP contribution < -0.4 is 26.2 Å². The van der Waals surface area contributed by atoms with Crippen LogP contribution in [0.2, 0.25) is 0 Å². The van der Waals surface area contributed by atoms with E-state index in [4.69, 9.17) is 0 Å². The van der Waals surface area contributed by atoms with Crippen molar-refractivity contribution in [3.05, 3.63) is 126 Å². The number of rotatable bonds is 2. The molecule has 0 atom stereocenters. The molecule has 0 saturated carbocycles. The number of nitrogens with zero attached hydrogens (tertiary/aromatic N) is 2. The third-order valence-corrected chi connectivity index (χ3v) is 8.14. The minimum atomic E-state index is 0.216. The zero-order valence-electron chi connectivity index (χ0n) is 20.1. The van der Waals surface area contributed by atoms with Crippen LogP contribution in [0.4, 0.5) is 34.1 Å². The van der Waals surface area contributed by atoms with Gasteiger partial charge in [-0.1, -0.05) is 66.7 Å². The number of aryl methyl sites for hydroxylation is 2. The quantitative estimate of drug-likeness (QED) is 0.281. The van der Waals surface area contributed by atoms with Crippen LogP contribution >= 0.6 is 0 Å².